The van der Waals surface area contributed by atoms with Crippen LogP contribution in [0.4, 0.5) is 11.4 Å². The van der Waals surface area contributed by atoms with E-state index in [2.05, 4.69) is 0 Å². The van der Waals surface area contributed by atoms with Crippen molar-refractivity contribution in [3.05, 3.63) is 97.1 Å². The third-order valence-corrected chi connectivity index (χ3v) is 5.61. The highest BCUT2D eigenvalue weighted by Gasteiger charge is 2.03. The maximum absolute atomic E-state index is 5.79. The van der Waals surface area contributed by atoms with Gasteiger partial charge in [0.25, 0.3) is 0 Å². The quantitative estimate of drug-likeness (QED) is 0.218. The van der Waals surface area contributed by atoms with Crippen molar-refractivity contribution >= 4 is 35.5 Å². The first-order valence-electron chi connectivity index (χ1n) is 9.42. The van der Waals surface area contributed by atoms with E-state index in [9.17, 15) is 0 Å². The van der Waals surface area contributed by atoms with Gasteiger partial charge < -0.3 is 20.9 Å². The largest absolute Gasteiger partial charge is 0.457 e. The SMILES string of the molecule is Nc1ccc(Oc2ccc(SOSc3ccc(Oc4ccc(N)cc4)cc3)cc2)cc1. The molecule has 4 aromatic rings. The van der Waals surface area contributed by atoms with Crippen molar-refractivity contribution < 1.29 is 13.1 Å². The lowest BCUT2D eigenvalue weighted by Crippen LogP contribution is -1.86. The van der Waals surface area contributed by atoms with Gasteiger partial charge >= 0.3 is 0 Å². The fourth-order valence-corrected chi connectivity index (χ4v) is 3.82. The minimum absolute atomic E-state index is 0.706. The number of anilines is 2. The molecule has 7 heteroatoms. The first kappa shape index (κ1) is 21.0. The normalized spacial score (nSPS) is 10.6. The molecule has 31 heavy (non-hydrogen) atoms. The highest BCUT2D eigenvalue weighted by Crippen LogP contribution is 2.33. The molecule has 0 aliphatic heterocycles. The van der Waals surface area contributed by atoms with Crippen LogP contribution in [0.3, 0.4) is 0 Å². The Labute approximate surface area is 189 Å². The second kappa shape index (κ2) is 10.2. The van der Waals surface area contributed by atoms with Gasteiger partial charge in [-0.3, -0.25) is 0 Å². The molecule has 0 spiro atoms. The van der Waals surface area contributed by atoms with Crippen LogP contribution in [0.15, 0.2) is 107 Å². The van der Waals surface area contributed by atoms with E-state index in [1.54, 1.807) is 24.3 Å². The zero-order chi connectivity index (χ0) is 21.5. The fraction of sp³-hybridized carbons (Fsp3) is 0. The smallest absolute Gasteiger partial charge is 0.127 e. The standard InChI is InChI=1S/C24H20N2O3S2/c25-17-1-5-19(6-2-17)27-21-9-13-23(14-10-21)30-29-31-24-15-11-22(12-16-24)28-20-7-3-18(26)4-8-20/h1-16H,25-26H2. The Morgan fingerprint density at radius 1 is 0.419 bits per heavy atom. The maximum atomic E-state index is 5.79. The van der Waals surface area contributed by atoms with Crippen LogP contribution in [0.1, 0.15) is 0 Å². The summed E-state index contributed by atoms with van der Waals surface area (Å²) in [6.45, 7) is 0. The molecule has 0 saturated carbocycles. The van der Waals surface area contributed by atoms with Crippen molar-refractivity contribution in [2.45, 2.75) is 9.79 Å². The molecule has 0 aliphatic rings. The minimum Gasteiger partial charge on any atom is -0.457 e. The van der Waals surface area contributed by atoms with E-state index in [0.717, 1.165) is 32.8 Å². The monoisotopic (exact) mass is 448 g/mol. The Morgan fingerprint density at radius 3 is 1.03 bits per heavy atom. The molecule has 0 unspecified atom stereocenters. The number of nitrogen functional groups attached to an aromatic ring is 2. The third-order valence-electron chi connectivity index (χ3n) is 4.14. The molecule has 0 fully saturated rings. The average molecular weight is 449 g/mol. The first-order chi connectivity index (χ1) is 15.1. The maximum Gasteiger partial charge on any atom is 0.127 e. The number of rotatable bonds is 8. The van der Waals surface area contributed by atoms with Crippen LogP contribution in [-0.2, 0) is 3.63 Å². The summed E-state index contributed by atoms with van der Waals surface area (Å²) >= 11 is 2.58. The number of hydrogen-bond donors (Lipinski definition) is 2. The second-order valence-corrected chi connectivity index (χ2v) is 8.34. The van der Waals surface area contributed by atoms with Gasteiger partial charge in [0.1, 0.15) is 23.0 Å². The van der Waals surface area contributed by atoms with Gasteiger partial charge in [0.05, 0.1) is 0 Å². The first-order valence-corrected chi connectivity index (χ1v) is 10.9. The average Bonchev–Trinajstić information content (AvgIpc) is 2.79. The Balaban J connectivity index is 1.24. The van der Waals surface area contributed by atoms with Gasteiger partial charge in [0.15, 0.2) is 0 Å². The van der Waals surface area contributed by atoms with Gasteiger partial charge in [-0.15, -0.1) is 0 Å². The summed E-state index contributed by atoms with van der Waals surface area (Å²) < 4.78 is 17.3. The van der Waals surface area contributed by atoms with Crippen LogP contribution in [0, 0.1) is 0 Å². The molecule has 0 bridgehead atoms. The zero-order valence-electron chi connectivity index (χ0n) is 16.4. The predicted octanol–water partition coefficient (Wildman–Crippen LogP) is 7.17. The summed E-state index contributed by atoms with van der Waals surface area (Å²) in [6, 6.07) is 30.0. The van der Waals surface area contributed by atoms with Crippen LogP contribution < -0.4 is 20.9 Å². The Morgan fingerprint density at radius 2 is 0.710 bits per heavy atom. The van der Waals surface area contributed by atoms with Gasteiger partial charge in [-0.2, -0.15) is 0 Å². The van der Waals surface area contributed by atoms with Crippen LogP contribution in [0.25, 0.3) is 0 Å². The number of hydrogen-bond acceptors (Lipinski definition) is 7. The van der Waals surface area contributed by atoms with Crippen molar-refractivity contribution in [2.24, 2.45) is 0 Å². The second-order valence-electron chi connectivity index (χ2n) is 6.52. The summed E-state index contributed by atoms with van der Waals surface area (Å²) in [4.78, 5) is 1.95. The van der Waals surface area contributed by atoms with E-state index in [1.165, 1.54) is 24.1 Å². The lowest BCUT2D eigenvalue weighted by atomic mass is 10.3. The van der Waals surface area contributed by atoms with Gasteiger partial charge in [-0.25, -0.2) is 3.63 Å². The van der Waals surface area contributed by atoms with E-state index in [-0.39, 0.29) is 0 Å². The molecular weight excluding hydrogens is 428 g/mol. The van der Waals surface area contributed by atoms with Crippen LogP contribution in [0.2, 0.25) is 0 Å². The topological polar surface area (TPSA) is 79.7 Å². The van der Waals surface area contributed by atoms with Crippen molar-refractivity contribution in [1.82, 2.24) is 0 Å². The fourth-order valence-electron chi connectivity index (χ4n) is 2.57. The molecule has 4 aromatic carbocycles. The molecule has 5 nitrogen and oxygen atoms in total. The molecule has 0 amide bonds. The summed E-state index contributed by atoms with van der Waals surface area (Å²) in [7, 11) is 0. The summed E-state index contributed by atoms with van der Waals surface area (Å²) in [5.74, 6) is 2.98. The van der Waals surface area contributed by atoms with Crippen molar-refractivity contribution in [3.8, 4) is 23.0 Å². The van der Waals surface area contributed by atoms with E-state index in [0.29, 0.717) is 11.4 Å². The Hall–Kier alpha value is -3.26. The van der Waals surface area contributed by atoms with E-state index in [4.69, 9.17) is 24.6 Å². The highest BCUT2D eigenvalue weighted by molar-refractivity contribution is 8.07. The molecule has 156 valence electrons. The van der Waals surface area contributed by atoms with Crippen LogP contribution in [-0.4, -0.2) is 0 Å². The molecule has 0 radical (unpaired) electrons. The van der Waals surface area contributed by atoms with Crippen molar-refractivity contribution in [2.75, 3.05) is 11.5 Å². The lowest BCUT2D eigenvalue weighted by molar-refractivity contribution is 0.482. The molecule has 4 rings (SSSR count). The molecular formula is C24H20N2O3S2. The van der Waals surface area contributed by atoms with Gasteiger partial charge in [0.2, 0.25) is 0 Å². The predicted molar refractivity (Wildman–Crippen MR) is 128 cm³/mol. The molecule has 0 saturated heterocycles. The van der Waals surface area contributed by atoms with E-state index >= 15 is 0 Å². The molecule has 0 heterocycles. The molecule has 0 aromatic heterocycles. The number of benzene rings is 4. The summed E-state index contributed by atoms with van der Waals surface area (Å²) in [5.41, 5.74) is 12.8. The zero-order valence-corrected chi connectivity index (χ0v) is 18.1. The summed E-state index contributed by atoms with van der Waals surface area (Å²) in [5, 5.41) is 0. The molecule has 0 atom stereocenters. The van der Waals surface area contributed by atoms with Crippen LogP contribution in [0.5, 0.6) is 23.0 Å². The number of nitrogens with two attached hydrogens (primary N) is 2. The Kier molecular flexibility index (Phi) is 6.89. The van der Waals surface area contributed by atoms with Gasteiger partial charge in [-0.05, 0) is 97.1 Å². The van der Waals surface area contributed by atoms with E-state index in [1.807, 2.05) is 72.8 Å². The summed E-state index contributed by atoms with van der Waals surface area (Å²) in [6.07, 6.45) is 0. The Bertz CT molecular complexity index is 1010. The molecule has 0 aliphatic carbocycles. The molecule has 4 N–H and O–H groups in total. The lowest BCUT2D eigenvalue weighted by Gasteiger charge is -2.08. The van der Waals surface area contributed by atoms with Crippen LogP contribution >= 0.6 is 24.1 Å². The van der Waals surface area contributed by atoms with E-state index < -0.39 is 0 Å². The van der Waals surface area contributed by atoms with Gasteiger partial charge in [-0.1, -0.05) is 0 Å². The highest BCUT2D eigenvalue weighted by atomic mass is 32.2. The van der Waals surface area contributed by atoms with Crippen molar-refractivity contribution in [1.29, 1.82) is 0 Å². The number of ether oxygens (including phenoxy) is 2. The van der Waals surface area contributed by atoms with Crippen molar-refractivity contribution in [3.63, 3.8) is 0 Å². The third kappa shape index (κ3) is 6.36. The minimum atomic E-state index is 0.706. The van der Waals surface area contributed by atoms with Gasteiger partial charge in [0, 0.05) is 45.3 Å².